The fourth-order valence-corrected chi connectivity index (χ4v) is 7.90. The zero-order valence-electron chi connectivity index (χ0n) is 23.7. The number of halogens is 2. The Bertz CT molecular complexity index is 1740. The second kappa shape index (κ2) is 10.8. The highest BCUT2D eigenvalue weighted by molar-refractivity contribution is 6.31. The Balaban J connectivity index is 1.34. The first-order chi connectivity index (χ1) is 21.2. The van der Waals surface area contributed by atoms with Crippen LogP contribution in [0.3, 0.4) is 0 Å². The number of ether oxygens (including phenoxy) is 1. The molecule has 3 aromatic rings. The smallest absolute Gasteiger partial charge is 0.238 e. The summed E-state index contributed by atoms with van der Waals surface area (Å²) >= 11 is 12.2. The fraction of sp³-hybridized carbons (Fsp3) is 0.294. The van der Waals surface area contributed by atoms with E-state index in [1.165, 1.54) is 15.9 Å². The van der Waals surface area contributed by atoms with Crippen molar-refractivity contribution in [1.29, 1.82) is 0 Å². The van der Waals surface area contributed by atoms with Gasteiger partial charge in [-0.2, -0.15) is 0 Å². The molecule has 2 saturated heterocycles. The normalized spacial score (nSPS) is 27.7. The van der Waals surface area contributed by atoms with Crippen LogP contribution in [0.4, 0.5) is 11.4 Å². The Labute approximate surface area is 263 Å². The third kappa shape index (κ3) is 4.34. The molecule has 224 valence electrons. The molecule has 8 nitrogen and oxygen atoms in total. The first-order valence-electron chi connectivity index (χ1n) is 14.6. The summed E-state index contributed by atoms with van der Waals surface area (Å²) in [5, 5.41) is 11.4. The van der Waals surface area contributed by atoms with E-state index in [-0.39, 0.29) is 41.5 Å². The number of phenolic OH excluding ortho intramolecular Hbond substituents is 1. The quantitative estimate of drug-likeness (QED) is 0.268. The van der Waals surface area contributed by atoms with E-state index in [0.717, 1.165) is 5.57 Å². The second-order valence-electron chi connectivity index (χ2n) is 11.7. The SMILES string of the molecule is CCOc1cc([C@H]2C3=CC[C@@H]4C(=O)N(c5ccc(Cl)cc5)C(=O)[C@@H]4[C@@H]3C[C@H]3C(=O)N(c4ccc(Cl)cc4)C(=O)[C@@H]23)ccc1O. The van der Waals surface area contributed by atoms with Crippen molar-refractivity contribution in [2.75, 3.05) is 16.4 Å². The molecule has 1 N–H and O–H groups in total. The van der Waals surface area contributed by atoms with Crippen LogP contribution in [0.1, 0.15) is 31.2 Å². The lowest BCUT2D eigenvalue weighted by molar-refractivity contribution is -0.126. The summed E-state index contributed by atoms with van der Waals surface area (Å²) in [6.45, 7) is 2.13. The van der Waals surface area contributed by atoms with Crippen LogP contribution in [0.25, 0.3) is 0 Å². The average Bonchev–Trinajstić information content (AvgIpc) is 3.42. The summed E-state index contributed by atoms with van der Waals surface area (Å²) in [6.07, 6.45) is 2.57. The molecule has 4 aliphatic rings. The summed E-state index contributed by atoms with van der Waals surface area (Å²) in [5.41, 5.74) is 2.43. The molecule has 0 aromatic heterocycles. The Morgan fingerprint density at radius 3 is 1.91 bits per heavy atom. The van der Waals surface area contributed by atoms with Crippen molar-refractivity contribution in [2.24, 2.45) is 29.6 Å². The van der Waals surface area contributed by atoms with Crippen LogP contribution in [0.15, 0.2) is 78.4 Å². The van der Waals surface area contributed by atoms with Crippen LogP contribution >= 0.6 is 23.2 Å². The molecule has 10 heteroatoms. The molecule has 44 heavy (non-hydrogen) atoms. The second-order valence-corrected chi connectivity index (χ2v) is 12.5. The van der Waals surface area contributed by atoms with Gasteiger partial charge in [0.05, 0.1) is 41.7 Å². The molecule has 2 heterocycles. The number of benzene rings is 3. The van der Waals surface area contributed by atoms with Gasteiger partial charge in [0.1, 0.15) is 0 Å². The van der Waals surface area contributed by atoms with E-state index in [2.05, 4.69) is 0 Å². The van der Waals surface area contributed by atoms with E-state index in [1.54, 1.807) is 67.6 Å². The number of amides is 4. The number of rotatable bonds is 5. The van der Waals surface area contributed by atoms with Gasteiger partial charge in [-0.05, 0) is 91.9 Å². The molecule has 7 rings (SSSR count). The molecule has 0 unspecified atom stereocenters. The predicted molar refractivity (Wildman–Crippen MR) is 165 cm³/mol. The van der Waals surface area contributed by atoms with Crippen LogP contribution in [-0.4, -0.2) is 35.3 Å². The molecule has 2 aliphatic heterocycles. The maximum absolute atomic E-state index is 14.2. The van der Waals surface area contributed by atoms with Gasteiger partial charge in [-0.25, -0.2) is 0 Å². The van der Waals surface area contributed by atoms with E-state index < -0.39 is 35.5 Å². The minimum Gasteiger partial charge on any atom is -0.504 e. The number of carbonyl (C=O) groups is 4. The highest BCUT2D eigenvalue weighted by atomic mass is 35.5. The largest absolute Gasteiger partial charge is 0.504 e. The van der Waals surface area contributed by atoms with Crippen LogP contribution < -0.4 is 14.5 Å². The maximum Gasteiger partial charge on any atom is 0.238 e. The summed E-state index contributed by atoms with van der Waals surface area (Å²) < 4.78 is 5.68. The molecule has 0 spiro atoms. The fourth-order valence-electron chi connectivity index (χ4n) is 7.65. The first kappa shape index (κ1) is 28.6. The summed E-state index contributed by atoms with van der Waals surface area (Å²) in [6, 6.07) is 18.1. The van der Waals surface area contributed by atoms with E-state index in [4.69, 9.17) is 27.9 Å². The third-order valence-corrected chi connectivity index (χ3v) is 9.96. The van der Waals surface area contributed by atoms with Gasteiger partial charge in [-0.15, -0.1) is 0 Å². The van der Waals surface area contributed by atoms with Gasteiger partial charge >= 0.3 is 0 Å². The third-order valence-electron chi connectivity index (χ3n) is 9.46. The molecule has 3 fully saturated rings. The predicted octanol–water partition coefficient (Wildman–Crippen LogP) is 6.14. The van der Waals surface area contributed by atoms with Crippen molar-refractivity contribution >= 4 is 58.2 Å². The van der Waals surface area contributed by atoms with E-state index >= 15 is 0 Å². The Morgan fingerprint density at radius 1 is 0.750 bits per heavy atom. The van der Waals surface area contributed by atoms with Crippen molar-refractivity contribution in [1.82, 2.24) is 0 Å². The van der Waals surface area contributed by atoms with Crippen molar-refractivity contribution in [2.45, 2.75) is 25.7 Å². The topological polar surface area (TPSA) is 104 Å². The van der Waals surface area contributed by atoms with Crippen molar-refractivity contribution < 1.29 is 29.0 Å². The number of imide groups is 2. The van der Waals surface area contributed by atoms with Crippen molar-refractivity contribution in [3.8, 4) is 11.5 Å². The van der Waals surface area contributed by atoms with Gasteiger partial charge in [-0.3, -0.25) is 29.0 Å². The Kier molecular flexibility index (Phi) is 7.02. The summed E-state index contributed by atoms with van der Waals surface area (Å²) in [5.74, 6) is -4.79. The van der Waals surface area contributed by atoms with Gasteiger partial charge in [-0.1, -0.05) is 40.9 Å². The molecule has 0 bridgehead atoms. The monoisotopic (exact) mass is 630 g/mol. The van der Waals surface area contributed by atoms with Gasteiger partial charge < -0.3 is 9.84 Å². The first-order valence-corrected chi connectivity index (χ1v) is 15.4. The van der Waals surface area contributed by atoms with Crippen LogP contribution in [0.2, 0.25) is 10.0 Å². The number of nitrogens with zero attached hydrogens (tertiary/aromatic N) is 2. The average molecular weight is 632 g/mol. The molecule has 6 atom stereocenters. The van der Waals surface area contributed by atoms with E-state index in [1.807, 2.05) is 6.08 Å². The van der Waals surface area contributed by atoms with E-state index in [9.17, 15) is 24.3 Å². The number of anilines is 2. The van der Waals surface area contributed by atoms with Crippen LogP contribution in [0.5, 0.6) is 11.5 Å². The molecule has 3 aromatic carbocycles. The summed E-state index contributed by atoms with van der Waals surface area (Å²) in [4.78, 5) is 58.5. The number of hydrogen-bond donors (Lipinski definition) is 1. The molecule has 0 radical (unpaired) electrons. The molecule has 2 aliphatic carbocycles. The van der Waals surface area contributed by atoms with Gasteiger partial charge in [0.25, 0.3) is 0 Å². The standard InChI is InChI=1S/C34H28Cl2N2O6/c1-2-44-27-15-17(3-14-26(27)39)28-22-12-13-23-29(33(42)37(31(23)40)20-8-4-18(35)5-9-20)24(22)16-25-30(28)34(43)38(32(25)41)21-10-6-19(36)7-11-21/h3-12,14-15,23-25,28-30,39H,2,13,16H2,1H3/t23-,24+,25+,28-,29-,30+/m0/s1. The molecular formula is C34H28Cl2N2O6. The maximum atomic E-state index is 14.2. The Morgan fingerprint density at radius 2 is 1.32 bits per heavy atom. The van der Waals surface area contributed by atoms with Crippen molar-refractivity contribution in [3.05, 3.63) is 94.0 Å². The number of hydrogen-bond acceptors (Lipinski definition) is 6. The highest BCUT2D eigenvalue weighted by Gasteiger charge is 2.62. The lowest BCUT2D eigenvalue weighted by atomic mass is 9.57. The zero-order chi connectivity index (χ0) is 30.9. The van der Waals surface area contributed by atoms with Crippen LogP contribution in [0, 0.1) is 29.6 Å². The minimum atomic E-state index is -0.740. The molecular weight excluding hydrogens is 603 g/mol. The molecule has 1 saturated carbocycles. The highest BCUT2D eigenvalue weighted by Crippen LogP contribution is 2.59. The number of aromatic hydroxyl groups is 1. The van der Waals surface area contributed by atoms with Gasteiger partial charge in [0.2, 0.25) is 23.6 Å². The lowest BCUT2D eigenvalue weighted by Crippen LogP contribution is -2.43. The van der Waals surface area contributed by atoms with Gasteiger partial charge in [0.15, 0.2) is 11.5 Å². The number of carbonyl (C=O) groups excluding carboxylic acids is 4. The molecule has 4 amide bonds. The van der Waals surface area contributed by atoms with E-state index in [0.29, 0.717) is 40.0 Å². The van der Waals surface area contributed by atoms with Crippen LogP contribution in [-0.2, 0) is 19.2 Å². The Hall–Kier alpha value is -4.14. The number of phenols is 1. The summed E-state index contributed by atoms with van der Waals surface area (Å²) in [7, 11) is 0. The van der Waals surface area contributed by atoms with Gasteiger partial charge in [0, 0.05) is 16.0 Å². The number of allylic oxidation sites excluding steroid dienone is 2. The zero-order valence-corrected chi connectivity index (χ0v) is 25.2. The minimum absolute atomic E-state index is 0.0380. The number of fused-ring (bicyclic) bond motifs is 4. The lowest BCUT2D eigenvalue weighted by Gasteiger charge is -2.44. The van der Waals surface area contributed by atoms with Crippen molar-refractivity contribution in [3.63, 3.8) is 0 Å².